The predicted molar refractivity (Wildman–Crippen MR) is 144 cm³/mol. The Hall–Kier alpha value is -3.38. The zero-order chi connectivity index (χ0) is 27.1. The van der Waals surface area contributed by atoms with Gasteiger partial charge in [-0.3, -0.25) is 4.79 Å². The molecule has 0 N–H and O–H groups in total. The lowest BCUT2D eigenvalue weighted by atomic mass is 9.88. The number of pyridine rings is 2. The predicted octanol–water partition coefficient (Wildman–Crippen LogP) is 5.41. The quantitative estimate of drug-likeness (QED) is 0.372. The minimum absolute atomic E-state index is 0.0450. The summed E-state index contributed by atoms with van der Waals surface area (Å²) in [5, 5.41) is 10.2. The van der Waals surface area contributed by atoms with Gasteiger partial charge in [-0.05, 0) is 56.6 Å². The van der Waals surface area contributed by atoms with Gasteiger partial charge in [0, 0.05) is 50.5 Å². The fourth-order valence-corrected chi connectivity index (χ4v) is 5.81. The molecule has 3 aromatic rings. The van der Waals surface area contributed by atoms with Crippen LogP contribution in [0.15, 0.2) is 29.1 Å². The lowest BCUT2D eigenvalue weighted by Crippen LogP contribution is -2.44. The van der Waals surface area contributed by atoms with Gasteiger partial charge in [-0.2, -0.15) is 9.65 Å². The van der Waals surface area contributed by atoms with Crippen molar-refractivity contribution in [3.63, 3.8) is 0 Å². The van der Waals surface area contributed by atoms with E-state index >= 15 is 0 Å². The molecule has 0 unspecified atom stereocenters. The lowest BCUT2D eigenvalue weighted by Gasteiger charge is -2.42. The Morgan fingerprint density at radius 3 is 2.47 bits per heavy atom. The van der Waals surface area contributed by atoms with Crippen LogP contribution in [-0.2, 0) is 7.05 Å². The molecule has 7 nitrogen and oxygen atoms in total. The number of methoxy groups -OCH3 is 1. The molecule has 0 amide bonds. The molecule has 2 aliphatic carbocycles. The van der Waals surface area contributed by atoms with Crippen molar-refractivity contribution in [2.75, 3.05) is 30.5 Å². The average Bonchev–Trinajstić information content (AvgIpc) is 3.74. The molecule has 2 fully saturated rings. The SMILES string of the molecule is COc1cc(N(CC2CC2)[C@H]2CC[C@H](N(C)c3c(C#N)c(=O)n(C)c4ccc(Cl)nc34)CC2)cc(F)c1F. The molecule has 0 radical (unpaired) electrons. The molecule has 0 aliphatic heterocycles. The highest BCUT2D eigenvalue weighted by Gasteiger charge is 2.34. The number of halogens is 3. The first-order valence-corrected chi connectivity index (χ1v) is 13.2. The van der Waals surface area contributed by atoms with E-state index in [9.17, 15) is 18.8 Å². The third-order valence-electron chi connectivity index (χ3n) is 7.98. The maximum atomic E-state index is 14.4. The monoisotopic (exact) mass is 541 g/mol. The number of nitriles is 1. The van der Waals surface area contributed by atoms with Gasteiger partial charge >= 0.3 is 0 Å². The number of benzene rings is 1. The van der Waals surface area contributed by atoms with E-state index in [1.165, 1.54) is 17.7 Å². The second kappa shape index (κ2) is 10.4. The molecule has 5 rings (SSSR count). The molecule has 2 heterocycles. The van der Waals surface area contributed by atoms with Crippen molar-refractivity contribution >= 4 is 34.0 Å². The third-order valence-corrected chi connectivity index (χ3v) is 8.19. The minimum atomic E-state index is -0.976. The van der Waals surface area contributed by atoms with Crippen LogP contribution in [0.25, 0.3) is 11.0 Å². The van der Waals surface area contributed by atoms with Crippen molar-refractivity contribution in [2.45, 2.75) is 50.6 Å². The van der Waals surface area contributed by atoms with Crippen LogP contribution in [0, 0.1) is 28.9 Å². The maximum absolute atomic E-state index is 14.4. The van der Waals surface area contributed by atoms with Crippen molar-refractivity contribution in [1.82, 2.24) is 9.55 Å². The van der Waals surface area contributed by atoms with Crippen LogP contribution in [0.2, 0.25) is 5.15 Å². The number of aryl methyl sites for hydroxylation is 1. The van der Waals surface area contributed by atoms with Crippen LogP contribution in [0.4, 0.5) is 20.2 Å². The highest BCUT2D eigenvalue weighted by Crippen LogP contribution is 2.39. The van der Waals surface area contributed by atoms with Crippen LogP contribution in [-0.4, -0.2) is 42.3 Å². The highest BCUT2D eigenvalue weighted by molar-refractivity contribution is 6.29. The van der Waals surface area contributed by atoms with Gasteiger partial charge in [0.15, 0.2) is 11.6 Å². The first kappa shape index (κ1) is 26.2. The highest BCUT2D eigenvalue weighted by atomic mass is 35.5. The summed E-state index contributed by atoms with van der Waals surface area (Å²) in [6.45, 7) is 0.791. The Morgan fingerprint density at radius 2 is 1.84 bits per heavy atom. The molecule has 0 atom stereocenters. The summed E-state index contributed by atoms with van der Waals surface area (Å²) in [4.78, 5) is 21.7. The number of hydrogen-bond acceptors (Lipinski definition) is 6. The number of nitrogens with zero attached hydrogens (tertiary/aromatic N) is 5. The van der Waals surface area contributed by atoms with Crippen molar-refractivity contribution in [2.24, 2.45) is 13.0 Å². The molecule has 10 heteroatoms. The average molecular weight is 542 g/mol. The van der Waals surface area contributed by atoms with Crippen LogP contribution in [0.5, 0.6) is 5.75 Å². The van der Waals surface area contributed by atoms with Crippen molar-refractivity contribution in [1.29, 1.82) is 5.26 Å². The molecule has 200 valence electrons. The van der Waals surface area contributed by atoms with Gasteiger partial charge in [-0.1, -0.05) is 11.6 Å². The van der Waals surface area contributed by atoms with Gasteiger partial charge in [0.05, 0.1) is 18.3 Å². The minimum Gasteiger partial charge on any atom is -0.493 e. The second-order valence-corrected chi connectivity index (χ2v) is 10.7. The largest absolute Gasteiger partial charge is 0.493 e. The van der Waals surface area contributed by atoms with Crippen molar-refractivity contribution in [3.05, 3.63) is 57.0 Å². The lowest BCUT2D eigenvalue weighted by molar-refractivity contribution is 0.359. The molecule has 0 spiro atoms. The van der Waals surface area contributed by atoms with Gasteiger partial charge in [0.2, 0.25) is 5.82 Å². The Bertz CT molecular complexity index is 1480. The fourth-order valence-electron chi connectivity index (χ4n) is 5.66. The Labute approximate surface area is 225 Å². The van der Waals surface area contributed by atoms with Gasteiger partial charge < -0.3 is 19.1 Å². The van der Waals surface area contributed by atoms with Gasteiger partial charge in [-0.15, -0.1) is 0 Å². The van der Waals surface area contributed by atoms with E-state index in [1.54, 1.807) is 25.2 Å². The van der Waals surface area contributed by atoms with Crippen LogP contribution in [0.1, 0.15) is 44.1 Å². The van der Waals surface area contributed by atoms with Gasteiger partial charge in [0.25, 0.3) is 5.56 Å². The number of fused-ring (bicyclic) bond motifs is 1. The van der Waals surface area contributed by atoms with E-state index in [1.807, 2.05) is 11.9 Å². The smallest absolute Gasteiger partial charge is 0.270 e. The van der Waals surface area contributed by atoms with E-state index in [2.05, 4.69) is 16.0 Å². The van der Waals surface area contributed by atoms with Crippen LogP contribution < -0.4 is 20.1 Å². The summed E-state index contributed by atoms with van der Waals surface area (Å²) < 4.78 is 35.0. The summed E-state index contributed by atoms with van der Waals surface area (Å²) in [5.74, 6) is -1.44. The van der Waals surface area contributed by atoms with E-state index in [0.29, 0.717) is 28.3 Å². The van der Waals surface area contributed by atoms with E-state index < -0.39 is 11.6 Å². The number of ether oxygens (including phenoxy) is 1. The van der Waals surface area contributed by atoms with E-state index in [-0.39, 0.29) is 34.1 Å². The summed E-state index contributed by atoms with van der Waals surface area (Å²) in [7, 11) is 4.86. The molecule has 38 heavy (non-hydrogen) atoms. The van der Waals surface area contributed by atoms with Crippen molar-refractivity contribution < 1.29 is 13.5 Å². The number of aromatic nitrogens is 2. The summed E-state index contributed by atoms with van der Waals surface area (Å²) in [5.41, 5.74) is 1.93. The molecule has 0 bridgehead atoms. The van der Waals surface area contributed by atoms with Crippen molar-refractivity contribution in [3.8, 4) is 11.8 Å². The number of anilines is 2. The molecular weight excluding hydrogens is 512 g/mol. The molecule has 1 aromatic carbocycles. The first-order valence-electron chi connectivity index (χ1n) is 12.8. The Morgan fingerprint density at radius 1 is 1.16 bits per heavy atom. The van der Waals surface area contributed by atoms with Gasteiger partial charge in [-0.25, -0.2) is 9.37 Å². The molecule has 2 aliphatic rings. The molecular formula is C28H30ClF2N5O2. The van der Waals surface area contributed by atoms with Gasteiger partial charge in [0.1, 0.15) is 22.3 Å². The summed E-state index contributed by atoms with van der Waals surface area (Å²) in [6.07, 6.45) is 5.51. The van der Waals surface area contributed by atoms with E-state index in [4.69, 9.17) is 16.3 Å². The maximum Gasteiger partial charge on any atom is 0.270 e. The summed E-state index contributed by atoms with van der Waals surface area (Å²) in [6, 6.07) is 8.53. The first-order chi connectivity index (χ1) is 18.2. The normalized spacial score (nSPS) is 19.3. The van der Waals surface area contributed by atoms with E-state index in [0.717, 1.165) is 45.1 Å². The Kier molecular flexibility index (Phi) is 7.19. The number of hydrogen-bond donors (Lipinski definition) is 0. The zero-order valence-corrected chi connectivity index (χ0v) is 22.4. The third kappa shape index (κ3) is 4.78. The van der Waals surface area contributed by atoms with Crippen LogP contribution >= 0.6 is 11.6 Å². The van der Waals surface area contributed by atoms with Crippen LogP contribution in [0.3, 0.4) is 0 Å². The fraction of sp³-hybridized carbons (Fsp3) is 0.464. The number of rotatable bonds is 7. The molecule has 2 aromatic heterocycles. The second-order valence-electron chi connectivity index (χ2n) is 10.3. The standard InChI is InChI=1S/C28H30ClF2N5O2/c1-34(27-20(14-32)28(37)35(2)22-10-11-24(29)33-26(22)27)17-6-8-18(9-7-17)36(15-16-4-5-16)19-12-21(30)25(31)23(13-19)38-3/h10-13,16-18H,4-9,15H2,1-3H3/t17-,18-. The topological polar surface area (TPSA) is 74.4 Å². The Balaban J connectivity index is 1.42. The molecule has 0 saturated heterocycles. The zero-order valence-electron chi connectivity index (χ0n) is 21.7. The molecule has 2 saturated carbocycles. The summed E-state index contributed by atoms with van der Waals surface area (Å²) >= 11 is 6.21.